The highest BCUT2D eigenvalue weighted by molar-refractivity contribution is 5.78. The first kappa shape index (κ1) is 8.05. The molecule has 0 aliphatic carbocycles. The molecular weight excluding hydrogens is 154 g/mol. The van der Waals surface area contributed by atoms with E-state index in [0.29, 0.717) is 12.8 Å². The number of hydrogen-bond acceptors (Lipinski definition) is 2. The number of hydrogen-bond donors (Lipinski definition) is 1. The number of amides is 1. The predicted molar refractivity (Wildman–Crippen MR) is 44.6 cm³/mol. The molecule has 2 aliphatic heterocycles. The summed E-state index contributed by atoms with van der Waals surface area (Å²) < 4.78 is 0. The molecule has 0 aromatic heterocycles. The van der Waals surface area contributed by atoms with Crippen LogP contribution in [0.1, 0.15) is 32.6 Å². The van der Waals surface area contributed by atoms with E-state index >= 15 is 0 Å². The fourth-order valence-electron chi connectivity index (χ4n) is 2.38. The third-order valence-corrected chi connectivity index (χ3v) is 3.14. The lowest BCUT2D eigenvalue weighted by Gasteiger charge is -2.41. The number of aliphatic hydroxyl groups is 1. The monoisotopic (exact) mass is 169 g/mol. The van der Waals surface area contributed by atoms with Crippen LogP contribution in [-0.4, -0.2) is 34.1 Å². The molecule has 0 unspecified atom stereocenters. The van der Waals surface area contributed by atoms with Crippen molar-refractivity contribution >= 4 is 5.91 Å². The Balaban J connectivity index is 2.22. The first-order valence-corrected chi connectivity index (χ1v) is 4.63. The smallest absolute Gasteiger partial charge is 0.223 e. The Hall–Kier alpha value is -0.570. The minimum atomic E-state index is -0.635. The molecule has 3 nitrogen and oxygen atoms in total. The van der Waals surface area contributed by atoms with Crippen LogP contribution in [0.15, 0.2) is 0 Å². The molecule has 0 spiro atoms. The van der Waals surface area contributed by atoms with Gasteiger partial charge in [0.2, 0.25) is 5.91 Å². The highest BCUT2D eigenvalue weighted by Crippen LogP contribution is 2.34. The average molecular weight is 169 g/mol. The number of carbonyl (C=O) groups excluding carboxylic acids is 1. The van der Waals surface area contributed by atoms with Crippen LogP contribution in [0.3, 0.4) is 0 Å². The summed E-state index contributed by atoms with van der Waals surface area (Å²) in [6, 6.07) is 0.0961. The van der Waals surface area contributed by atoms with Crippen LogP contribution < -0.4 is 0 Å². The molecule has 68 valence electrons. The molecule has 0 radical (unpaired) electrons. The molecule has 3 heteroatoms. The van der Waals surface area contributed by atoms with Crippen LogP contribution in [-0.2, 0) is 4.79 Å². The maximum atomic E-state index is 11.4. The normalized spacial score (nSPS) is 41.7. The quantitative estimate of drug-likeness (QED) is 0.574. The van der Waals surface area contributed by atoms with Crippen molar-refractivity contribution in [3.63, 3.8) is 0 Å². The Morgan fingerprint density at radius 3 is 3.08 bits per heavy atom. The lowest BCUT2D eigenvalue weighted by molar-refractivity contribution is -0.146. The van der Waals surface area contributed by atoms with E-state index < -0.39 is 5.60 Å². The van der Waals surface area contributed by atoms with Crippen molar-refractivity contribution in [2.75, 3.05) is 6.54 Å². The molecular formula is C9H15NO2. The zero-order valence-electron chi connectivity index (χ0n) is 7.42. The fourth-order valence-corrected chi connectivity index (χ4v) is 2.38. The summed E-state index contributed by atoms with van der Waals surface area (Å²) in [5.74, 6) is 0.226. The third kappa shape index (κ3) is 1.04. The molecule has 0 bridgehead atoms. The van der Waals surface area contributed by atoms with Gasteiger partial charge in [0.1, 0.15) is 0 Å². The van der Waals surface area contributed by atoms with Crippen molar-refractivity contribution in [1.29, 1.82) is 0 Å². The third-order valence-electron chi connectivity index (χ3n) is 3.14. The zero-order valence-corrected chi connectivity index (χ0v) is 7.42. The van der Waals surface area contributed by atoms with Gasteiger partial charge in [-0.1, -0.05) is 0 Å². The molecule has 1 N–H and O–H groups in total. The van der Waals surface area contributed by atoms with E-state index in [9.17, 15) is 9.90 Å². The summed E-state index contributed by atoms with van der Waals surface area (Å²) in [5, 5.41) is 9.97. The molecule has 0 saturated carbocycles. The van der Waals surface area contributed by atoms with E-state index in [4.69, 9.17) is 0 Å². The summed E-state index contributed by atoms with van der Waals surface area (Å²) in [6.07, 6.45) is 3.17. The van der Waals surface area contributed by atoms with E-state index in [1.807, 2.05) is 11.8 Å². The Labute approximate surface area is 72.4 Å². The van der Waals surface area contributed by atoms with Crippen molar-refractivity contribution in [3.05, 3.63) is 0 Å². The van der Waals surface area contributed by atoms with Crippen LogP contribution >= 0.6 is 0 Å². The van der Waals surface area contributed by atoms with E-state index in [1.54, 1.807) is 0 Å². The Bertz CT molecular complexity index is 213. The molecule has 2 fully saturated rings. The maximum Gasteiger partial charge on any atom is 0.223 e. The van der Waals surface area contributed by atoms with Gasteiger partial charge in [0.15, 0.2) is 0 Å². The number of piperidine rings is 1. The Morgan fingerprint density at radius 1 is 1.67 bits per heavy atom. The van der Waals surface area contributed by atoms with Gasteiger partial charge >= 0.3 is 0 Å². The van der Waals surface area contributed by atoms with E-state index in [0.717, 1.165) is 19.4 Å². The Morgan fingerprint density at radius 2 is 2.42 bits per heavy atom. The zero-order chi connectivity index (χ0) is 8.77. The largest absolute Gasteiger partial charge is 0.388 e. The summed E-state index contributed by atoms with van der Waals surface area (Å²) in [4.78, 5) is 13.2. The lowest BCUT2D eigenvalue weighted by atomic mass is 9.86. The molecule has 2 heterocycles. The average Bonchev–Trinajstić information content (AvgIpc) is 2.46. The van der Waals surface area contributed by atoms with Crippen molar-refractivity contribution < 1.29 is 9.90 Å². The molecule has 2 rings (SSSR count). The van der Waals surface area contributed by atoms with Gasteiger partial charge in [0, 0.05) is 13.0 Å². The van der Waals surface area contributed by atoms with Crippen LogP contribution in [0.5, 0.6) is 0 Å². The summed E-state index contributed by atoms with van der Waals surface area (Å²) in [5.41, 5.74) is -0.635. The lowest BCUT2D eigenvalue weighted by Crippen LogP contribution is -2.54. The van der Waals surface area contributed by atoms with Gasteiger partial charge in [-0.05, 0) is 26.2 Å². The predicted octanol–water partition coefficient (Wildman–Crippen LogP) is 0.522. The van der Waals surface area contributed by atoms with Crippen LogP contribution in [0.25, 0.3) is 0 Å². The van der Waals surface area contributed by atoms with Gasteiger partial charge in [0.05, 0.1) is 11.6 Å². The number of rotatable bonds is 0. The van der Waals surface area contributed by atoms with Gasteiger partial charge in [-0.15, -0.1) is 0 Å². The minimum Gasteiger partial charge on any atom is -0.388 e. The molecule has 2 saturated heterocycles. The van der Waals surface area contributed by atoms with Gasteiger partial charge in [-0.25, -0.2) is 0 Å². The van der Waals surface area contributed by atoms with E-state index in [2.05, 4.69) is 0 Å². The summed E-state index contributed by atoms with van der Waals surface area (Å²) in [7, 11) is 0. The van der Waals surface area contributed by atoms with Crippen LogP contribution in [0.2, 0.25) is 0 Å². The van der Waals surface area contributed by atoms with Gasteiger partial charge in [-0.2, -0.15) is 0 Å². The van der Waals surface area contributed by atoms with Crippen molar-refractivity contribution in [1.82, 2.24) is 4.90 Å². The van der Waals surface area contributed by atoms with Gasteiger partial charge in [0.25, 0.3) is 0 Å². The van der Waals surface area contributed by atoms with E-state index in [1.165, 1.54) is 0 Å². The van der Waals surface area contributed by atoms with Crippen LogP contribution in [0.4, 0.5) is 0 Å². The highest BCUT2D eigenvalue weighted by Gasteiger charge is 2.44. The maximum absolute atomic E-state index is 11.4. The minimum absolute atomic E-state index is 0.0961. The first-order valence-electron chi connectivity index (χ1n) is 4.63. The molecule has 0 aromatic carbocycles. The van der Waals surface area contributed by atoms with Gasteiger partial charge < -0.3 is 10.0 Å². The Kier molecular flexibility index (Phi) is 1.65. The second-order valence-electron chi connectivity index (χ2n) is 4.10. The van der Waals surface area contributed by atoms with Crippen molar-refractivity contribution in [2.24, 2.45) is 0 Å². The molecule has 2 atom stereocenters. The van der Waals surface area contributed by atoms with Gasteiger partial charge in [-0.3, -0.25) is 4.79 Å². The molecule has 2 aliphatic rings. The molecule has 12 heavy (non-hydrogen) atoms. The first-order chi connectivity index (χ1) is 5.61. The SMILES string of the molecule is C[C@@]1(O)CCC(=O)N2CCC[C@H]21. The topological polar surface area (TPSA) is 40.5 Å². The molecule has 1 amide bonds. The van der Waals surface area contributed by atoms with Crippen LogP contribution in [0, 0.1) is 0 Å². The second kappa shape index (κ2) is 2.46. The second-order valence-corrected chi connectivity index (χ2v) is 4.10. The fraction of sp³-hybridized carbons (Fsp3) is 0.889. The summed E-state index contributed by atoms with van der Waals surface area (Å²) in [6.45, 7) is 2.70. The van der Waals surface area contributed by atoms with Crippen molar-refractivity contribution in [2.45, 2.75) is 44.2 Å². The number of nitrogens with zero attached hydrogens (tertiary/aromatic N) is 1. The standard InChI is InChI=1S/C9H15NO2/c1-9(12)5-4-8(11)10-6-2-3-7(9)10/h7,12H,2-6H2,1H3/t7-,9+/m0/s1. The number of carbonyl (C=O) groups is 1. The summed E-state index contributed by atoms with van der Waals surface area (Å²) >= 11 is 0. The molecule has 0 aromatic rings. The van der Waals surface area contributed by atoms with Crippen molar-refractivity contribution in [3.8, 4) is 0 Å². The number of fused-ring (bicyclic) bond motifs is 1. The van der Waals surface area contributed by atoms with E-state index in [-0.39, 0.29) is 11.9 Å². The highest BCUT2D eigenvalue weighted by atomic mass is 16.3.